The summed E-state index contributed by atoms with van der Waals surface area (Å²) in [5, 5.41) is 18.7. The number of rotatable bonds is 8. The van der Waals surface area contributed by atoms with E-state index >= 15 is 0 Å². The monoisotopic (exact) mass is 496 g/mol. The van der Waals surface area contributed by atoms with Crippen LogP contribution in [0, 0.1) is 30.1 Å². The third kappa shape index (κ3) is 6.50. The van der Waals surface area contributed by atoms with Gasteiger partial charge in [-0.3, -0.25) is 9.88 Å². The lowest BCUT2D eigenvalue weighted by molar-refractivity contribution is 0.247. The fourth-order valence-corrected chi connectivity index (χ4v) is 4.27. The first-order valence-electron chi connectivity index (χ1n) is 12.6. The minimum atomic E-state index is 0.488. The number of para-hydroxylation sites is 1. The first-order valence-corrected chi connectivity index (χ1v) is 12.6. The molecule has 6 heteroatoms. The van der Waals surface area contributed by atoms with Gasteiger partial charge in [0.1, 0.15) is 12.2 Å². The fourth-order valence-electron chi connectivity index (χ4n) is 4.27. The van der Waals surface area contributed by atoms with Crippen LogP contribution in [0.5, 0.6) is 0 Å². The molecule has 0 amide bonds. The molecule has 0 saturated heterocycles. The van der Waals surface area contributed by atoms with Gasteiger partial charge in [0.05, 0.1) is 35.9 Å². The van der Waals surface area contributed by atoms with Crippen molar-refractivity contribution in [2.45, 2.75) is 33.0 Å². The molecule has 2 aromatic heterocycles. The van der Waals surface area contributed by atoms with E-state index in [0.717, 1.165) is 41.0 Å². The summed E-state index contributed by atoms with van der Waals surface area (Å²) in [6.07, 6.45) is 2.66. The van der Waals surface area contributed by atoms with Gasteiger partial charge < -0.3 is 4.57 Å². The standard InChI is InChI=1S/C32H28N6/c1-25-8-10-27(11-9-25)18-20-37(22-30-17-16-29-6-2-3-7-31(29)35-30)23-32-36-34-24-38(32)19-4-5-26-12-14-28(21-33)15-13-26/h2-3,6-17,24H,18-20,22-23H2,1H3. The lowest BCUT2D eigenvalue weighted by atomic mass is 10.1. The molecule has 0 bridgehead atoms. The highest BCUT2D eigenvalue weighted by molar-refractivity contribution is 5.78. The van der Waals surface area contributed by atoms with Crippen LogP contribution in [0.1, 0.15) is 33.8 Å². The number of pyridine rings is 1. The van der Waals surface area contributed by atoms with E-state index in [4.69, 9.17) is 10.2 Å². The van der Waals surface area contributed by atoms with Crippen LogP contribution in [0.3, 0.4) is 0 Å². The van der Waals surface area contributed by atoms with Crippen molar-refractivity contribution in [3.05, 3.63) is 125 Å². The van der Waals surface area contributed by atoms with Gasteiger partial charge in [0.2, 0.25) is 0 Å². The van der Waals surface area contributed by atoms with Crippen LogP contribution in [-0.2, 0) is 26.1 Å². The molecule has 0 aliphatic carbocycles. The Bertz CT molecular complexity index is 1620. The zero-order chi connectivity index (χ0) is 26.2. The number of hydrogen-bond acceptors (Lipinski definition) is 5. The van der Waals surface area contributed by atoms with Crippen molar-refractivity contribution in [3.8, 4) is 17.9 Å². The molecular formula is C32H28N6. The summed E-state index contributed by atoms with van der Waals surface area (Å²) in [5.41, 5.74) is 6.11. The van der Waals surface area contributed by atoms with Crippen molar-refractivity contribution in [2.75, 3.05) is 6.54 Å². The third-order valence-corrected chi connectivity index (χ3v) is 6.44. The van der Waals surface area contributed by atoms with Crippen molar-refractivity contribution < 1.29 is 0 Å². The van der Waals surface area contributed by atoms with E-state index in [-0.39, 0.29) is 0 Å². The molecule has 0 unspecified atom stereocenters. The summed E-state index contributed by atoms with van der Waals surface area (Å²) in [7, 11) is 0. The largest absolute Gasteiger partial charge is 0.305 e. The molecular weight excluding hydrogens is 468 g/mol. The lowest BCUT2D eigenvalue weighted by Gasteiger charge is -2.22. The Hall–Kier alpha value is -4.78. The summed E-state index contributed by atoms with van der Waals surface area (Å²) in [6.45, 7) is 4.81. The van der Waals surface area contributed by atoms with Gasteiger partial charge >= 0.3 is 0 Å². The molecule has 0 atom stereocenters. The van der Waals surface area contributed by atoms with E-state index in [1.807, 2.05) is 28.8 Å². The van der Waals surface area contributed by atoms with Gasteiger partial charge in [-0.05, 0) is 55.3 Å². The summed E-state index contributed by atoms with van der Waals surface area (Å²) in [5.74, 6) is 7.24. The van der Waals surface area contributed by atoms with E-state index in [2.05, 4.69) is 88.5 Å². The number of aryl methyl sites for hydroxylation is 1. The van der Waals surface area contributed by atoms with Crippen LogP contribution in [0.25, 0.3) is 10.9 Å². The SMILES string of the molecule is Cc1ccc(CCN(Cc2ccc3ccccc3n2)Cc2nncn2CC#Cc2ccc(C#N)cc2)cc1. The van der Waals surface area contributed by atoms with Crippen LogP contribution >= 0.6 is 0 Å². The predicted octanol–water partition coefficient (Wildman–Crippen LogP) is 5.30. The van der Waals surface area contributed by atoms with Gasteiger partial charge in [-0.15, -0.1) is 10.2 Å². The van der Waals surface area contributed by atoms with Crippen molar-refractivity contribution in [3.63, 3.8) is 0 Å². The van der Waals surface area contributed by atoms with Crippen molar-refractivity contribution in [1.82, 2.24) is 24.6 Å². The minimum absolute atomic E-state index is 0.488. The van der Waals surface area contributed by atoms with Crippen molar-refractivity contribution in [2.24, 2.45) is 0 Å². The second-order valence-corrected chi connectivity index (χ2v) is 9.31. The normalized spacial score (nSPS) is 10.8. The van der Waals surface area contributed by atoms with E-state index in [1.165, 1.54) is 11.1 Å². The molecule has 5 rings (SSSR count). The number of fused-ring (bicyclic) bond motifs is 1. The maximum atomic E-state index is 8.97. The van der Waals surface area contributed by atoms with Gasteiger partial charge in [-0.1, -0.05) is 65.9 Å². The van der Waals surface area contributed by atoms with Crippen LogP contribution in [-0.4, -0.2) is 31.2 Å². The van der Waals surface area contributed by atoms with E-state index in [0.29, 0.717) is 25.2 Å². The first-order chi connectivity index (χ1) is 18.7. The van der Waals surface area contributed by atoms with Crippen molar-refractivity contribution >= 4 is 10.9 Å². The summed E-state index contributed by atoms with van der Waals surface area (Å²) >= 11 is 0. The Labute approximate surface area is 223 Å². The summed E-state index contributed by atoms with van der Waals surface area (Å²) in [6, 6.07) is 30.6. The zero-order valence-electron chi connectivity index (χ0n) is 21.4. The van der Waals surface area contributed by atoms with Crippen LogP contribution in [0.2, 0.25) is 0 Å². The highest BCUT2D eigenvalue weighted by atomic mass is 15.3. The van der Waals surface area contributed by atoms with Crippen LogP contribution < -0.4 is 0 Å². The second-order valence-electron chi connectivity index (χ2n) is 9.31. The Morgan fingerprint density at radius 1 is 0.868 bits per heavy atom. The van der Waals surface area contributed by atoms with Crippen LogP contribution in [0.4, 0.5) is 0 Å². The molecule has 186 valence electrons. The van der Waals surface area contributed by atoms with Crippen molar-refractivity contribution in [1.29, 1.82) is 5.26 Å². The quantitative estimate of drug-likeness (QED) is 0.273. The molecule has 0 spiro atoms. The molecule has 6 nitrogen and oxygen atoms in total. The molecule has 0 radical (unpaired) electrons. The fraction of sp³-hybridized carbons (Fsp3) is 0.188. The number of aromatic nitrogens is 4. The number of hydrogen-bond donors (Lipinski definition) is 0. The van der Waals surface area contributed by atoms with Gasteiger partial charge in [0.25, 0.3) is 0 Å². The van der Waals surface area contributed by atoms with Crippen LogP contribution in [0.15, 0.2) is 91.3 Å². The second kappa shape index (κ2) is 12.0. The maximum absolute atomic E-state index is 8.97. The van der Waals surface area contributed by atoms with E-state index in [1.54, 1.807) is 18.5 Å². The number of nitriles is 1. The number of nitrogens with zero attached hydrogens (tertiary/aromatic N) is 6. The Balaban J connectivity index is 1.32. The predicted molar refractivity (Wildman–Crippen MR) is 149 cm³/mol. The van der Waals surface area contributed by atoms with Gasteiger partial charge in [-0.2, -0.15) is 5.26 Å². The van der Waals surface area contributed by atoms with Gasteiger partial charge in [0.15, 0.2) is 0 Å². The summed E-state index contributed by atoms with van der Waals surface area (Å²) in [4.78, 5) is 7.27. The average molecular weight is 497 g/mol. The molecule has 3 aromatic carbocycles. The van der Waals surface area contributed by atoms with E-state index in [9.17, 15) is 0 Å². The molecule has 38 heavy (non-hydrogen) atoms. The first kappa shape index (κ1) is 24.9. The Morgan fingerprint density at radius 3 is 2.47 bits per heavy atom. The molecule has 0 saturated carbocycles. The molecule has 2 heterocycles. The third-order valence-electron chi connectivity index (χ3n) is 6.44. The Kier molecular flexibility index (Phi) is 7.84. The molecule has 0 aliphatic rings. The highest BCUT2D eigenvalue weighted by Gasteiger charge is 2.13. The van der Waals surface area contributed by atoms with Gasteiger partial charge in [0, 0.05) is 24.0 Å². The number of benzene rings is 3. The zero-order valence-corrected chi connectivity index (χ0v) is 21.4. The topological polar surface area (TPSA) is 70.6 Å². The summed E-state index contributed by atoms with van der Waals surface area (Å²) < 4.78 is 1.99. The molecule has 0 aliphatic heterocycles. The van der Waals surface area contributed by atoms with Gasteiger partial charge in [-0.25, -0.2) is 0 Å². The smallest absolute Gasteiger partial charge is 0.147 e. The molecule has 0 N–H and O–H groups in total. The molecule has 0 fully saturated rings. The minimum Gasteiger partial charge on any atom is -0.305 e. The highest BCUT2D eigenvalue weighted by Crippen LogP contribution is 2.15. The maximum Gasteiger partial charge on any atom is 0.147 e. The van der Waals surface area contributed by atoms with E-state index < -0.39 is 0 Å². The Morgan fingerprint density at radius 2 is 1.66 bits per heavy atom. The average Bonchev–Trinajstić information content (AvgIpc) is 3.39. The lowest BCUT2D eigenvalue weighted by Crippen LogP contribution is -2.27. The molecule has 5 aromatic rings.